The maximum absolute atomic E-state index is 14.1. The lowest BCUT2D eigenvalue weighted by molar-refractivity contribution is 0.0599. The third-order valence-corrected chi connectivity index (χ3v) is 7.31. The molecule has 0 amide bonds. The van der Waals surface area contributed by atoms with Gasteiger partial charge in [-0.3, -0.25) is 0 Å². The molecule has 0 bridgehead atoms. The van der Waals surface area contributed by atoms with E-state index in [1.807, 2.05) is 67.6 Å². The van der Waals surface area contributed by atoms with E-state index in [0.717, 1.165) is 59.2 Å². The summed E-state index contributed by atoms with van der Waals surface area (Å²) in [4.78, 5) is 12.3. The Labute approximate surface area is 217 Å². The molecule has 0 aliphatic carbocycles. The molecule has 5 rings (SSSR count). The molecule has 0 radical (unpaired) electrons. The first-order valence-corrected chi connectivity index (χ1v) is 12.9. The van der Waals surface area contributed by atoms with Crippen LogP contribution in [0.25, 0.3) is 10.8 Å². The van der Waals surface area contributed by atoms with E-state index in [4.69, 9.17) is 9.47 Å². The molecule has 0 fully saturated rings. The molecule has 190 valence electrons. The van der Waals surface area contributed by atoms with E-state index in [0.29, 0.717) is 17.5 Å². The highest BCUT2D eigenvalue weighted by molar-refractivity contribution is 5.91. The van der Waals surface area contributed by atoms with Gasteiger partial charge in [-0.25, -0.2) is 9.18 Å². The summed E-state index contributed by atoms with van der Waals surface area (Å²) in [5.41, 5.74) is 4.87. The largest absolute Gasteiger partial charge is 0.490 e. The third kappa shape index (κ3) is 5.37. The molecule has 0 saturated heterocycles. The van der Waals surface area contributed by atoms with Gasteiger partial charge in [0.1, 0.15) is 11.6 Å². The molecule has 0 saturated carbocycles. The predicted octanol–water partition coefficient (Wildman–Crippen LogP) is 6.93. The van der Waals surface area contributed by atoms with Crippen LogP contribution in [0.2, 0.25) is 0 Å². The van der Waals surface area contributed by atoms with Crippen LogP contribution < -0.4 is 10.1 Å². The number of carbonyl (C=O) groups excluding carboxylic acids is 1. The number of halogens is 1. The van der Waals surface area contributed by atoms with Gasteiger partial charge in [0.15, 0.2) is 0 Å². The van der Waals surface area contributed by atoms with Crippen LogP contribution in [0.4, 0.5) is 4.39 Å². The van der Waals surface area contributed by atoms with Crippen LogP contribution in [-0.2, 0) is 11.3 Å². The van der Waals surface area contributed by atoms with Crippen molar-refractivity contribution in [1.82, 2.24) is 5.32 Å². The Morgan fingerprint density at radius 1 is 1.03 bits per heavy atom. The second kappa shape index (κ2) is 11.1. The van der Waals surface area contributed by atoms with E-state index < -0.39 is 0 Å². The predicted molar refractivity (Wildman–Crippen MR) is 145 cm³/mol. The third-order valence-electron chi connectivity index (χ3n) is 7.31. The average molecular weight is 498 g/mol. The molecule has 0 spiro atoms. The van der Waals surface area contributed by atoms with E-state index in [9.17, 15) is 9.18 Å². The number of benzene rings is 4. The van der Waals surface area contributed by atoms with Crippen molar-refractivity contribution in [3.8, 4) is 5.75 Å². The molecular formula is C32H32FNO3. The standard InChI is InChI=1S/C32H32FNO3/c1-21-13-14-22(18-28(21)32(35)36-2)29-19-24(37-31-12-6-5-11-27(29)31)8-7-17-34-20-23-15-16-30(33)26-10-4-3-9-25(23)26/h3-6,9-16,18,24,29,34H,7-8,17,19-20H2,1-2H3. The van der Waals surface area contributed by atoms with E-state index in [1.165, 1.54) is 7.11 Å². The summed E-state index contributed by atoms with van der Waals surface area (Å²) in [7, 11) is 1.42. The van der Waals surface area contributed by atoms with Crippen LogP contribution in [0.3, 0.4) is 0 Å². The highest BCUT2D eigenvalue weighted by Crippen LogP contribution is 2.41. The van der Waals surface area contributed by atoms with Gasteiger partial charge in [-0.05, 0) is 73.0 Å². The normalized spacial score (nSPS) is 16.7. The van der Waals surface area contributed by atoms with Gasteiger partial charge in [-0.15, -0.1) is 0 Å². The van der Waals surface area contributed by atoms with E-state index >= 15 is 0 Å². The van der Waals surface area contributed by atoms with Crippen LogP contribution in [0.5, 0.6) is 5.75 Å². The van der Waals surface area contributed by atoms with Crippen LogP contribution in [0, 0.1) is 12.7 Å². The Balaban J connectivity index is 1.24. The summed E-state index contributed by atoms with van der Waals surface area (Å²) >= 11 is 0. The maximum Gasteiger partial charge on any atom is 0.338 e. The lowest BCUT2D eigenvalue weighted by Gasteiger charge is -2.33. The Morgan fingerprint density at radius 3 is 2.65 bits per heavy atom. The quantitative estimate of drug-likeness (QED) is 0.212. The van der Waals surface area contributed by atoms with Crippen molar-refractivity contribution in [2.45, 2.75) is 44.8 Å². The molecule has 0 aromatic heterocycles. The number of fused-ring (bicyclic) bond motifs is 2. The minimum absolute atomic E-state index is 0.0798. The second-order valence-corrected chi connectivity index (χ2v) is 9.70. The van der Waals surface area contributed by atoms with Crippen molar-refractivity contribution in [1.29, 1.82) is 0 Å². The van der Waals surface area contributed by atoms with E-state index in [1.54, 1.807) is 6.07 Å². The Bertz CT molecular complexity index is 1420. The zero-order valence-electron chi connectivity index (χ0n) is 21.3. The second-order valence-electron chi connectivity index (χ2n) is 9.70. The first-order valence-electron chi connectivity index (χ1n) is 12.9. The zero-order valence-corrected chi connectivity index (χ0v) is 21.3. The summed E-state index contributed by atoms with van der Waals surface area (Å²) in [5.74, 6) is 0.569. The lowest BCUT2D eigenvalue weighted by Crippen LogP contribution is -2.27. The summed E-state index contributed by atoms with van der Waals surface area (Å²) < 4.78 is 25.5. The van der Waals surface area contributed by atoms with Gasteiger partial charge in [0.25, 0.3) is 0 Å². The van der Waals surface area contributed by atoms with Crippen molar-refractivity contribution in [3.05, 3.63) is 112 Å². The van der Waals surface area contributed by atoms with Crippen molar-refractivity contribution in [2.24, 2.45) is 0 Å². The number of esters is 1. The molecule has 1 aliphatic rings. The van der Waals surface area contributed by atoms with Crippen molar-refractivity contribution in [3.63, 3.8) is 0 Å². The van der Waals surface area contributed by atoms with Crippen LogP contribution in [0.1, 0.15) is 57.8 Å². The van der Waals surface area contributed by atoms with Crippen molar-refractivity contribution in [2.75, 3.05) is 13.7 Å². The zero-order chi connectivity index (χ0) is 25.8. The molecule has 5 heteroatoms. The molecule has 37 heavy (non-hydrogen) atoms. The molecule has 2 unspecified atom stereocenters. The number of methoxy groups -OCH3 is 1. The van der Waals surface area contributed by atoms with Gasteiger partial charge in [0, 0.05) is 23.4 Å². The molecule has 4 aromatic carbocycles. The smallest absolute Gasteiger partial charge is 0.338 e. The van der Waals surface area contributed by atoms with Gasteiger partial charge in [-0.2, -0.15) is 0 Å². The summed E-state index contributed by atoms with van der Waals surface area (Å²) in [6.07, 6.45) is 2.80. The van der Waals surface area contributed by atoms with Gasteiger partial charge in [0.2, 0.25) is 0 Å². The lowest BCUT2D eigenvalue weighted by atomic mass is 9.82. The number of hydrogen-bond donors (Lipinski definition) is 1. The molecule has 4 aromatic rings. The number of aryl methyl sites for hydroxylation is 1. The van der Waals surface area contributed by atoms with Crippen molar-refractivity contribution < 1.29 is 18.7 Å². The van der Waals surface area contributed by atoms with Crippen LogP contribution in [0.15, 0.2) is 78.9 Å². The summed E-state index contributed by atoms with van der Waals surface area (Å²) in [5, 5.41) is 5.13. The highest BCUT2D eigenvalue weighted by Gasteiger charge is 2.29. The monoisotopic (exact) mass is 497 g/mol. The number of ether oxygens (including phenoxy) is 2. The molecule has 1 aliphatic heterocycles. The highest BCUT2D eigenvalue weighted by atomic mass is 19.1. The van der Waals surface area contributed by atoms with Crippen LogP contribution in [-0.4, -0.2) is 25.7 Å². The van der Waals surface area contributed by atoms with Gasteiger partial charge in [-0.1, -0.05) is 60.7 Å². The molecule has 1 N–H and O–H groups in total. The Morgan fingerprint density at radius 2 is 1.81 bits per heavy atom. The Hall–Kier alpha value is -3.70. The van der Waals surface area contributed by atoms with Gasteiger partial charge in [0.05, 0.1) is 18.8 Å². The molecule has 4 nitrogen and oxygen atoms in total. The SMILES string of the molecule is COC(=O)c1cc(C2CC(CCCNCc3ccc(F)c4ccccc34)Oc3ccccc32)ccc1C. The summed E-state index contributed by atoms with van der Waals surface area (Å²) in [6, 6.07) is 25.3. The fourth-order valence-corrected chi connectivity index (χ4v) is 5.33. The van der Waals surface area contributed by atoms with E-state index in [2.05, 4.69) is 17.4 Å². The van der Waals surface area contributed by atoms with Gasteiger partial charge >= 0.3 is 5.97 Å². The number of nitrogens with one attached hydrogen (secondary N) is 1. The number of hydrogen-bond acceptors (Lipinski definition) is 4. The fourth-order valence-electron chi connectivity index (χ4n) is 5.33. The number of carbonyl (C=O) groups is 1. The van der Waals surface area contributed by atoms with Crippen LogP contribution >= 0.6 is 0 Å². The Kier molecular flexibility index (Phi) is 7.52. The van der Waals surface area contributed by atoms with Gasteiger partial charge < -0.3 is 14.8 Å². The number of para-hydroxylation sites is 1. The minimum Gasteiger partial charge on any atom is -0.490 e. The first-order chi connectivity index (χ1) is 18.0. The maximum atomic E-state index is 14.1. The molecular weight excluding hydrogens is 465 g/mol. The summed E-state index contributed by atoms with van der Waals surface area (Å²) in [6.45, 7) is 3.46. The molecule has 2 atom stereocenters. The topological polar surface area (TPSA) is 47.6 Å². The van der Waals surface area contributed by atoms with E-state index in [-0.39, 0.29) is 23.8 Å². The number of rotatable bonds is 8. The minimum atomic E-state index is -0.309. The molecule has 1 heterocycles. The first kappa shape index (κ1) is 25.0. The van der Waals surface area contributed by atoms with Crippen molar-refractivity contribution >= 4 is 16.7 Å². The fraction of sp³-hybridized carbons (Fsp3) is 0.281. The average Bonchev–Trinajstić information content (AvgIpc) is 2.93.